The van der Waals surface area contributed by atoms with E-state index in [1.54, 1.807) is 0 Å². The van der Waals surface area contributed by atoms with Crippen LogP contribution in [0.25, 0.3) is 10.8 Å². The van der Waals surface area contributed by atoms with Gasteiger partial charge in [0.25, 0.3) is 0 Å². The second-order valence-electron chi connectivity index (χ2n) is 5.46. The Kier molecular flexibility index (Phi) is 3.81. The van der Waals surface area contributed by atoms with Crippen LogP contribution in [-0.2, 0) is 0 Å². The summed E-state index contributed by atoms with van der Waals surface area (Å²) >= 11 is 0. The Bertz CT molecular complexity index is 544. The number of rotatable bonds is 4. The van der Waals surface area contributed by atoms with E-state index in [1.807, 2.05) is 0 Å². The molecule has 0 bridgehead atoms. The van der Waals surface area contributed by atoms with E-state index >= 15 is 0 Å². The van der Waals surface area contributed by atoms with Crippen LogP contribution in [0.3, 0.4) is 0 Å². The van der Waals surface area contributed by atoms with Gasteiger partial charge in [-0.2, -0.15) is 0 Å². The highest BCUT2D eigenvalue weighted by Crippen LogP contribution is 2.22. The molecule has 0 aliphatic carbocycles. The summed E-state index contributed by atoms with van der Waals surface area (Å²) in [4.78, 5) is 2.57. The molecule has 1 aliphatic heterocycles. The number of nitrogens with zero attached hydrogens (tertiary/aromatic N) is 1. The molecular weight excluding hydrogens is 232 g/mol. The molecule has 3 rings (SSSR count). The molecule has 0 spiro atoms. The second-order valence-corrected chi connectivity index (χ2v) is 5.46. The highest BCUT2D eigenvalue weighted by atomic mass is 15.2. The standard InChI is InChI=1S/C17H22N2/c1-18-17(13-19-10-4-5-11-19)16-9-8-14-6-2-3-7-15(14)12-16/h2-3,6-9,12,17-18H,4-5,10-11,13H2,1H3. The first-order chi connectivity index (χ1) is 9.36. The summed E-state index contributed by atoms with van der Waals surface area (Å²) in [6.07, 6.45) is 2.71. The fourth-order valence-electron chi connectivity index (χ4n) is 3.01. The van der Waals surface area contributed by atoms with Gasteiger partial charge in [-0.25, -0.2) is 0 Å². The third-order valence-corrected chi connectivity index (χ3v) is 4.16. The molecule has 19 heavy (non-hydrogen) atoms. The fraction of sp³-hybridized carbons (Fsp3) is 0.412. The molecule has 1 N–H and O–H groups in total. The van der Waals surface area contributed by atoms with Crippen molar-refractivity contribution in [3.8, 4) is 0 Å². The van der Waals surface area contributed by atoms with Crippen LogP contribution >= 0.6 is 0 Å². The molecule has 1 aliphatic rings. The van der Waals surface area contributed by atoms with E-state index in [4.69, 9.17) is 0 Å². The van der Waals surface area contributed by atoms with Gasteiger partial charge in [0.05, 0.1) is 0 Å². The van der Waals surface area contributed by atoms with Crippen molar-refractivity contribution >= 4 is 10.8 Å². The number of hydrogen-bond donors (Lipinski definition) is 1. The quantitative estimate of drug-likeness (QED) is 0.901. The minimum Gasteiger partial charge on any atom is -0.312 e. The van der Waals surface area contributed by atoms with Crippen molar-refractivity contribution in [2.45, 2.75) is 18.9 Å². The summed E-state index contributed by atoms with van der Waals surface area (Å²) < 4.78 is 0. The average Bonchev–Trinajstić information content (AvgIpc) is 2.97. The monoisotopic (exact) mass is 254 g/mol. The highest BCUT2D eigenvalue weighted by Gasteiger charge is 2.17. The minimum absolute atomic E-state index is 0.433. The van der Waals surface area contributed by atoms with Crippen LogP contribution in [0.5, 0.6) is 0 Å². The second kappa shape index (κ2) is 5.72. The normalized spacial score (nSPS) is 17.9. The van der Waals surface area contributed by atoms with Crippen LogP contribution in [0.1, 0.15) is 24.4 Å². The van der Waals surface area contributed by atoms with Gasteiger partial charge in [0.15, 0.2) is 0 Å². The van der Waals surface area contributed by atoms with Gasteiger partial charge in [0.1, 0.15) is 0 Å². The molecule has 100 valence electrons. The molecule has 1 atom stereocenters. The van der Waals surface area contributed by atoms with Crippen LogP contribution in [0, 0.1) is 0 Å². The number of fused-ring (bicyclic) bond motifs is 1. The maximum Gasteiger partial charge on any atom is 0.0447 e. The van der Waals surface area contributed by atoms with Gasteiger partial charge in [-0.3, -0.25) is 0 Å². The zero-order valence-corrected chi connectivity index (χ0v) is 11.6. The summed E-state index contributed by atoms with van der Waals surface area (Å²) in [5.74, 6) is 0. The van der Waals surface area contributed by atoms with Gasteiger partial charge in [-0.1, -0.05) is 36.4 Å². The Labute approximate surface area is 115 Å². The van der Waals surface area contributed by atoms with Gasteiger partial charge >= 0.3 is 0 Å². The lowest BCUT2D eigenvalue weighted by Crippen LogP contribution is -2.31. The van der Waals surface area contributed by atoms with Crippen LogP contribution in [-0.4, -0.2) is 31.6 Å². The first-order valence-electron chi connectivity index (χ1n) is 7.25. The van der Waals surface area contributed by atoms with Crippen LogP contribution in [0.4, 0.5) is 0 Å². The summed E-state index contributed by atoms with van der Waals surface area (Å²) in [5.41, 5.74) is 1.40. The molecule has 1 fully saturated rings. The van der Waals surface area contributed by atoms with Gasteiger partial charge in [-0.05, 0) is 55.4 Å². The number of likely N-dealkylation sites (N-methyl/N-ethyl adjacent to an activating group) is 1. The Hall–Kier alpha value is -1.38. The minimum atomic E-state index is 0.433. The Morgan fingerprint density at radius 1 is 1.05 bits per heavy atom. The molecule has 1 unspecified atom stereocenters. The van der Waals surface area contributed by atoms with Crippen molar-refractivity contribution in [1.82, 2.24) is 10.2 Å². The lowest BCUT2D eigenvalue weighted by Gasteiger charge is -2.23. The molecule has 0 amide bonds. The number of nitrogens with one attached hydrogen (secondary N) is 1. The average molecular weight is 254 g/mol. The number of benzene rings is 2. The fourth-order valence-corrected chi connectivity index (χ4v) is 3.01. The van der Waals surface area contributed by atoms with Gasteiger partial charge in [0, 0.05) is 12.6 Å². The van der Waals surface area contributed by atoms with E-state index in [0.29, 0.717) is 6.04 Å². The van der Waals surface area contributed by atoms with Crippen molar-refractivity contribution in [3.63, 3.8) is 0 Å². The van der Waals surface area contributed by atoms with Crippen LogP contribution < -0.4 is 5.32 Å². The van der Waals surface area contributed by atoms with E-state index in [0.717, 1.165) is 6.54 Å². The highest BCUT2D eigenvalue weighted by molar-refractivity contribution is 5.83. The van der Waals surface area contributed by atoms with E-state index in [-0.39, 0.29) is 0 Å². The molecule has 0 aromatic heterocycles. The smallest absolute Gasteiger partial charge is 0.0447 e. The topological polar surface area (TPSA) is 15.3 Å². The molecule has 1 saturated heterocycles. The van der Waals surface area contributed by atoms with Crippen molar-refractivity contribution in [2.24, 2.45) is 0 Å². The maximum atomic E-state index is 3.47. The first-order valence-corrected chi connectivity index (χ1v) is 7.25. The van der Waals surface area contributed by atoms with Gasteiger partial charge in [0.2, 0.25) is 0 Å². The summed E-state index contributed by atoms with van der Waals surface area (Å²) in [7, 11) is 2.07. The molecule has 0 radical (unpaired) electrons. The number of likely N-dealkylation sites (tertiary alicyclic amines) is 1. The van der Waals surface area contributed by atoms with E-state index in [1.165, 1.54) is 42.3 Å². The van der Waals surface area contributed by atoms with E-state index in [9.17, 15) is 0 Å². The van der Waals surface area contributed by atoms with Crippen molar-refractivity contribution in [1.29, 1.82) is 0 Å². The summed E-state index contributed by atoms with van der Waals surface area (Å²) in [6, 6.07) is 15.8. The van der Waals surface area contributed by atoms with Crippen LogP contribution in [0.2, 0.25) is 0 Å². The lowest BCUT2D eigenvalue weighted by atomic mass is 10.0. The summed E-state index contributed by atoms with van der Waals surface area (Å²) in [5, 5.41) is 6.12. The van der Waals surface area contributed by atoms with Crippen molar-refractivity contribution in [2.75, 3.05) is 26.7 Å². The zero-order chi connectivity index (χ0) is 13.1. The first kappa shape index (κ1) is 12.6. The molecule has 2 nitrogen and oxygen atoms in total. The van der Waals surface area contributed by atoms with Crippen LogP contribution in [0.15, 0.2) is 42.5 Å². The summed E-state index contributed by atoms with van der Waals surface area (Å²) in [6.45, 7) is 3.63. The van der Waals surface area contributed by atoms with E-state index in [2.05, 4.69) is 59.7 Å². The van der Waals surface area contributed by atoms with Crippen molar-refractivity contribution in [3.05, 3.63) is 48.0 Å². The zero-order valence-electron chi connectivity index (χ0n) is 11.6. The largest absolute Gasteiger partial charge is 0.312 e. The SMILES string of the molecule is CNC(CN1CCCC1)c1ccc2ccccc2c1. The molecule has 2 aromatic rings. The van der Waals surface area contributed by atoms with Crippen molar-refractivity contribution < 1.29 is 0 Å². The molecule has 0 saturated carbocycles. The van der Waals surface area contributed by atoms with Gasteiger partial charge < -0.3 is 10.2 Å². The Morgan fingerprint density at radius 3 is 2.53 bits per heavy atom. The number of hydrogen-bond acceptors (Lipinski definition) is 2. The maximum absolute atomic E-state index is 3.47. The molecule has 2 heteroatoms. The molecule has 2 aromatic carbocycles. The predicted molar refractivity (Wildman–Crippen MR) is 81.4 cm³/mol. The molecular formula is C17H22N2. The Morgan fingerprint density at radius 2 is 1.79 bits per heavy atom. The third kappa shape index (κ3) is 2.80. The molecule has 1 heterocycles. The Balaban J connectivity index is 1.83. The van der Waals surface area contributed by atoms with Gasteiger partial charge in [-0.15, -0.1) is 0 Å². The van der Waals surface area contributed by atoms with E-state index < -0.39 is 0 Å². The lowest BCUT2D eigenvalue weighted by molar-refractivity contribution is 0.299. The third-order valence-electron chi connectivity index (χ3n) is 4.16. The predicted octanol–water partition coefficient (Wildman–Crippen LogP) is 3.20.